The van der Waals surface area contributed by atoms with Crippen LogP contribution in [-0.4, -0.2) is 86.1 Å². The highest BCUT2D eigenvalue weighted by Crippen LogP contribution is 2.44. The summed E-state index contributed by atoms with van der Waals surface area (Å²) in [6.07, 6.45) is -7.34. The Labute approximate surface area is 207 Å². The van der Waals surface area contributed by atoms with Gasteiger partial charge in [0.2, 0.25) is 0 Å². The zero-order valence-electron chi connectivity index (χ0n) is 22.5. The summed E-state index contributed by atoms with van der Waals surface area (Å²) in [5, 5.41) is 6.96. The first-order chi connectivity index (χ1) is 15.8. The van der Waals surface area contributed by atoms with Gasteiger partial charge >= 0.3 is 12.4 Å². The Balaban J connectivity index is 2.23. The van der Waals surface area contributed by atoms with Crippen LogP contribution in [0, 0.1) is 17.8 Å². The number of rotatable bonds is 8. The van der Waals surface area contributed by atoms with E-state index in [9.17, 15) is 26.3 Å². The van der Waals surface area contributed by atoms with Crippen molar-refractivity contribution in [2.24, 2.45) is 17.8 Å². The molecule has 0 amide bonds. The molecule has 2 saturated carbocycles. The van der Waals surface area contributed by atoms with Crippen LogP contribution >= 0.6 is 0 Å². The first-order valence-electron chi connectivity index (χ1n) is 12.8. The summed E-state index contributed by atoms with van der Waals surface area (Å²) >= 11 is 0. The Hall–Kier alpha value is -0.580. The standard InChI is InChI=1S/C25H46F6N4/c1-15(2)32-20-12-18(25(29,30)31)11-16(22(20)35(7)8)14-23(3,4)33-19-10-9-17(24(26,27)28)13-21(19)34(5)6/h15-22,32-33H,9-14H2,1-8H3/t16?,17-,18+,19-,20+,21-,22+/m0/s1. The van der Waals surface area contributed by atoms with Crippen LogP contribution in [0.4, 0.5) is 26.3 Å². The van der Waals surface area contributed by atoms with Crippen molar-refractivity contribution >= 4 is 0 Å². The van der Waals surface area contributed by atoms with Crippen molar-refractivity contribution in [3.8, 4) is 0 Å². The van der Waals surface area contributed by atoms with Gasteiger partial charge in [0.25, 0.3) is 0 Å². The monoisotopic (exact) mass is 516 g/mol. The number of nitrogens with zero attached hydrogens (tertiary/aromatic N) is 2. The van der Waals surface area contributed by atoms with E-state index in [1.54, 1.807) is 14.1 Å². The normalized spacial score (nSPS) is 33.7. The molecule has 10 heteroatoms. The molecular weight excluding hydrogens is 470 g/mol. The zero-order chi connectivity index (χ0) is 26.9. The van der Waals surface area contributed by atoms with E-state index in [0.717, 1.165) is 0 Å². The summed E-state index contributed by atoms with van der Waals surface area (Å²) in [7, 11) is 7.43. The topological polar surface area (TPSA) is 30.5 Å². The molecule has 0 spiro atoms. The molecule has 0 aliphatic heterocycles. The Morgan fingerprint density at radius 2 is 1.34 bits per heavy atom. The minimum Gasteiger partial charge on any atom is -0.310 e. The highest BCUT2D eigenvalue weighted by Gasteiger charge is 2.51. The van der Waals surface area contributed by atoms with Crippen molar-refractivity contribution in [1.82, 2.24) is 20.4 Å². The molecule has 0 aromatic carbocycles. The molecule has 2 rings (SSSR count). The van der Waals surface area contributed by atoms with Crippen molar-refractivity contribution in [3.63, 3.8) is 0 Å². The highest BCUT2D eigenvalue weighted by molar-refractivity contribution is 5.01. The molecular formula is C25H46F6N4. The van der Waals surface area contributed by atoms with Gasteiger partial charge in [-0.3, -0.25) is 0 Å². The van der Waals surface area contributed by atoms with Gasteiger partial charge in [0, 0.05) is 35.7 Å². The Kier molecular flexibility index (Phi) is 10.0. The second-order valence-electron chi connectivity index (χ2n) is 12.3. The van der Waals surface area contributed by atoms with Crippen LogP contribution in [0.2, 0.25) is 0 Å². The van der Waals surface area contributed by atoms with Crippen molar-refractivity contribution < 1.29 is 26.3 Å². The third-order valence-electron chi connectivity index (χ3n) is 7.92. The highest BCUT2D eigenvalue weighted by atomic mass is 19.4. The van der Waals surface area contributed by atoms with Crippen LogP contribution in [0.5, 0.6) is 0 Å². The number of hydrogen-bond acceptors (Lipinski definition) is 4. The first kappa shape index (κ1) is 30.6. The molecule has 2 aliphatic carbocycles. The summed E-state index contributed by atoms with van der Waals surface area (Å²) in [6.45, 7) is 7.85. The van der Waals surface area contributed by atoms with E-state index in [1.165, 1.54) is 0 Å². The van der Waals surface area contributed by atoms with Crippen molar-refractivity contribution in [2.75, 3.05) is 28.2 Å². The van der Waals surface area contributed by atoms with Crippen LogP contribution in [-0.2, 0) is 0 Å². The van der Waals surface area contributed by atoms with Gasteiger partial charge in [0.15, 0.2) is 0 Å². The summed E-state index contributed by atoms with van der Waals surface area (Å²) in [5.41, 5.74) is -0.529. The van der Waals surface area contributed by atoms with Gasteiger partial charge in [-0.05, 0) is 86.5 Å². The summed E-state index contributed by atoms with van der Waals surface area (Å²) in [6, 6.07) is -0.733. The Bertz CT molecular complexity index is 661. The summed E-state index contributed by atoms with van der Waals surface area (Å²) < 4.78 is 81.8. The van der Waals surface area contributed by atoms with E-state index in [1.807, 2.05) is 51.6 Å². The van der Waals surface area contributed by atoms with E-state index in [-0.39, 0.29) is 61.8 Å². The van der Waals surface area contributed by atoms with Crippen LogP contribution in [0.25, 0.3) is 0 Å². The molecule has 4 nitrogen and oxygen atoms in total. The lowest BCUT2D eigenvalue weighted by molar-refractivity contribution is -0.194. The molecule has 2 fully saturated rings. The second-order valence-corrected chi connectivity index (χ2v) is 12.3. The van der Waals surface area contributed by atoms with Crippen molar-refractivity contribution in [3.05, 3.63) is 0 Å². The van der Waals surface area contributed by atoms with E-state index in [0.29, 0.717) is 12.8 Å². The van der Waals surface area contributed by atoms with Crippen LogP contribution in [0.1, 0.15) is 66.2 Å². The van der Waals surface area contributed by atoms with Gasteiger partial charge in [0.1, 0.15) is 0 Å². The molecule has 1 unspecified atom stereocenters. The fourth-order valence-corrected chi connectivity index (χ4v) is 6.62. The molecule has 7 atom stereocenters. The third-order valence-corrected chi connectivity index (χ3v) is 7.92. The number of hydrogen-bond donors (Lipinski definition) is 2. The van der Waals surface area contributed by atoms with Gasteiger partial charge in [-0.2, -0.15) is 26.3 Å². The minimum absolute atomic E-state index is 0.0323. The number of alkyl halides is 6. The lowest BCUT2D eigenvalue weighted by Crippen LogP contribution is -2.61. The predicted octanol–water partition coefficient (Wildman–Crippen LogP) is 5.29. The van der Waals surface area contributed by atoms with Crippen LogP contribution < -0.4 is 10.6 Å². The van der Waals surface area contributed by atoms with E-state index in [4.69, 9.17) is 0 Å². The third kappa shape index (κ3) is 8.47. The quantitative estimate of drug-likeness (QED) is 0.429. The van der Waals surface area contributed by atoms with Crippen molar-refractivity contribution in [2.45, 2.75) is 114 Å². The Morgan fingerprint density at radius 1 is 0.771 bits per heavy atom. The molecule has 2 N–H and O–H groups in total. The van der Waals surface area contributed by atoms with E-state index in [2.05, 4.69) is 10.6 Å². The van der Waals surface area contributed by atoms with E-state index < -0.39 is 29.7 Å². The fraction of sp³-hybridized carbons (Fsp3) is 1.00. The first-order valence-corrected chi connectivity index (χ1v) is 12.8. The smallest absolute Gasteiger partial charge is 0.310 e. The molecule has 35 heavy (non-hydrogen) atoms. The molecule has 0 heterocycles. The zero-order valence-corrected chi connectivity index (χ0v) is 22.5. The summed E-state index contributed by atoms with van der Waals surface area (Å²) in [4.78, 5) is 3.88. The van der Waals surface area contributed by atoms with E-state index >= 15 is 0 Å². The molecule has 0 bridgehead atoms. The van der Waals surface area contributed by atoms with Crippen molar-refractivity contribution in [1.29, 1.82) is 0 Å². The maximum atomic E-state index is 13.9. The molecule has 2 aliphatic rings. The maximum Gasteiger partial charge on any atom is 0.391 e. The largest absolute Gasteiger partial charge is 0.391 e. The van der Waals surface area contributed by atoms with Gasteiger partial charge in [0.05, 0.1) is 11.8 Å². The molecule has 0 aromatic rings. The van der Waals surface area contributed by atoms with Gasteiger partial charge in [-0.15, -0.1) is 0 Å². The summed E-state index contributed by atoms with van der Waals surface area (Å²) in [5.74, 6) is -2.90. The lowest BCUT2D eigenvalue weighted by atomic mass is 9.69. The average molecular weight is 517 g/mol. The predicted molar refractivity (Wildman–Crippen MR) is 128 cm³/mol. The molecule has 0 radical (unpaired) electrons. The van der Waals surface area contributed by atoms with Gasteiger partial charge < -0.3 is 20.4 Å². The minimum atomic E-state index is -4.25. The van der Waals surface area contributed by atoms with Gasteiger partial charge in [-0.1, -0.05) is 13.8 Å². The number of likely N-dealkylation sites (N-methyl/N-ethyl adjacent to an activating group) is 2. The maximum absolute atomic E-state index is 13.9. The van der Waals surface area contributed by atoms with Crippen LogP contribution in [0.3, 0.4) is 0 Å². The SMILES string of the molecule is CC(C)N[C@@H]1C[C@H](C(F)(F)F)CC(CC(C)(C)N[C@H]2CC[C@H](C(F)(F)F)C[C@@H]2N(C)C)[C@H]1N(C)C. The second kappa shape index (κ2) is 11.4. The molecule has 0 aromatic heterocycles. The number of halogens is 6. The molecule has 208 valence electrons. The van der Waals surface area contributed by atoms with Gasteiger partial charge in [-0.25, -0.2) is 0 Å². The van der Waals surface area contributed by atoms with Crippen LogP contribution in [0.15, 0.2) is 0 Å². The number of nitrogens with one attached hydrogen (secondary N) is 2. The Morgan fingerprint density at radius 3 is 1.80 bits per heavy atom. The molecule has 0 saturated heterocycles. The fourth-order valence-electron chi connectivity index (χ4n) is 6.62. The lowest BCUT2D eigenvalue weighted by Gasteiger charge is -2.50. The average Bonchev–Trinajstić information content (AvgIpc) is 2.64.